The molecule has 22 heavy (non-hydrogen) atoms. The Morgan fingerprint density at radius 2 is 2.09 bits per heavy atom. The number of esters is 1. The van der Waals surface area contributed by atoms with E-state index in [0.29, 0.717) is 24.9 Å². The van der Waals surface area contributed by atoms with Crippen LogP contribution in [0.5, 0.6) is 0 Å². The number of nitrogens with one attached hydrogen (secondary N) is 1. The van der Waals surface area contributed by atoms with Crippen LogP contribution >= 0.6 is 0 Å². The van der Waals surface area contributed by atoms with Crippen LogP contribution in [0.4, 0.5) is 5.69 Å². The SMILES string of the molecule is CCCCN(C)c1ccc(C(=O)NCC2CCC(=O)O2)cc1. The predicted octanol–water partition coefficient (Wildman–Crippen LogP) is 2.36. The van der Waals surface area contributed by atoms with Crippen molar-refractivity contribution in [2.24, 2.45) is 0 Å². The number of anilines is 1. The summed E-state index contributed by atoms with van der Waals surface area (Å²) in [6.07, 6.45) is 3.26. The second-order valence-corrected chi connectivity index (χ2v) is 5.68. The Bertz CT molecular complexity index is 513. The third-order valence-electron chi connectivity index (χ3n) is 3.88. The number of carbonyl (C=O) groups is 2. The summed E-state index contributed by atoms with van der Waals surface area (Å²) in [5.74, 6) is -0.315. The summed E-state index contributed by atoms with van der Waals surface area (Å²) in [6, 6.07) is 7.57. The molecule has 120 valence electrons. The number of carbonyl (C=O) groups excluding carboxylic acids is 2. The molecule has 1 amide bonds. The Hall–Kier alpha value is -2.04. The van der Waals surface area contributed by atoms with Gasteiger partial charge in [0.25, 0.3) is 5.91 Å². The van der Waals surface area contributed by atoms with E-state index in [1.807, 2.05) is 24.3 Å². The van der Waals surface area contributed by atoms with E-state index in [1.165, 1.54) is 0 Å². The van der Waals surface area contributed by atoms with Gasteiger partial charge in [0.1, 0.15) is 6.10 Å². The van der Waals surface area contributed by atoms with Crippen molar-refractivity contribution in [2.45, 2.75) is 38.7 Å². The van der Waals surface area contributed by atoms with Crippen LogP contribution in [0.25, 0.3) is 0 Å². The van der Waals surface area contributed by atoms with E-state index in [0.717, 1.165) is 25.1 Å². The summed E-state index contributed by atoms with van der Waals surface area (Å²) in [7, 11) is 2.05. The van der Waals surface area contributed by atoms with Crippen LogP contribution in [0.15, 0.2) is 24.3 Å². The normalized spacial score (nSPS) is 17.2. The monoisotopic (exact) mass is 304 g/mol. The minimum Gasteiger partial charge on any atom is -0.460 e. The van der Waals surface area contributed by atoms with Gasteiger partial charge in [-0.15, -0.1) is 0 Å². The first-order chi connectivity index (χ1) is 10.6. The molecule has 1 aromatic carbocycles. The fourth-order valence-electron chi connectivity index (χ4n) is 2.43. The zero-order valence-electron chi connectivity index (χ0n) is 13.3. The van der Waals surface area contributed by atoms with E-state index >= 15 is 0 Å². The third-order valence-corrected chi connectivity index (χ3v) is 3.88. The van der Waals surface area contributed by atoms with Crippen molar-refractivity contribution in [3.63, 3.8) is 0 Å². The number of unbranched alkanes of at least 4 members (excludes halogenated alkanes) is 1. The molecule has 1 aliphatic heterocycles. The van der Waals surface area contributed by atoms with Gasteiger partial charge in [0.05, 0.1) is 6.54 Å². The second-order valence-electron chi connectivity index (χ2n) is 5.68. The molecule has 1 saturated heterocycles. The number of cyclic esters (lactones) is 1. The minimum atomic E-state index is -0.184. The number of benzene rings is 1. The van der Waals surface area contributed by atoms with Gasteiger partial charge in [0, 0.05) is 31.3 Å². The van der Waals surface area contributed by atoms with Crippen LogP contribution in [0, 0.1) is 0 Å². The highest BCUT2D eigenvalue weighted by molar-refractivity contribution is 5.94. The Morgan fingerprint density at radius 3 is 2.68 bits per heavy atom. The maximum atomic E-state index is 12.1. The number of hydrogen-bond acceptors (Lipinski definition) is 4. The first-order valence-electron chi connectivity index (χ1n) is 7.89. The van der Waals surface area contributed by atoms with Gasteiger partial charge >= 0.3 is 5.97 Å². The van der Waals surface area contributed by atoms with Crippen molar-refractivity contribution in [1.82, 2.24) is 5.32 Å². The van der Waals surface area contributed by atoms with Gasteiger partial charge in [-0.3, -0.25) is 9.59 Å². The van der Waals surface area contributed by atoms with E-state index in [4.69, 9.17) is 4.74 Å². The standard InChI is InChI=1S/C17H24N2O3/c1-3-4-11-19(2)14-7-5-13(6-8-14)17(21)18-12-15-9-10-16(20)22-15/h5-8,15H,3-4,9-12H2,1-2H3,(H,18,21). The maximum absolute atomic E-state index is 12.1. The van der Waals surface area contributed by atoms with Crippen LogP contribution < -0.4 is 10.2 Å². The van der Waals surface area contributed by atoms with Crippen LogP contribution in [-0.2, 0) is 9.53 Å². The number of hydrogen-bond donors (Lipinski definition) is 1. The maximum Gasteiger partial charge on any atom is 0.306 e. The molecule has 1 aliphatic rings. The first-order valence-corrected chi connectivity index (χ1v) is 7.89. The fraction of sp³-hybridized carbons (Fsp3) is 0.529. The molecule has 5 heteroatoms. The quantitative estimate of drug-likeness (QED) is 0.786. The Kier molecular flexibility index (Phi) is 5.81. The number of amides is 1. The molecule has 1 fully saturated rings. The number of rotatable bonds is 7. The first kappa shape index (κ1) is 16.3. The van der Waals surface area contributed by atoms with Crippen molar-refractivity contribution in [3.05, 3.63) is 29.8 Å². The molecular weight excluding hydrogens is 280 g/mol. The lowest BCUT2D eigenvalue weighted by Gasteiger charge is -2.19. The van der Waals surface area contributed by atoms with Gasteiger partial charge < -0.3 is 15.0 Å². The molecule has 0 aliphatic carbocycles. The summed E-state index contributed by atoms with van der Waals surface area (Å²) in [6.45, 7) is 3.56. The van der Waals surface area contributed by atoms with Crippen LogP contribution in [-0.4, -0.2) is 38.1 Å². The molecule has 0 spiro atoms. The van der Waals surface area contributed by atoms with Gasteiger partial charge in [-0.25, -0.2) is 0 Å². The molecule has 1 unspecified atom stereocenters. The number of ether oxygens (including phenoxy) is 1. The lowest BCUT2D eigenvalue weighted by atomic mass is 10.1. The highest BCUT2D eigenvalue weighted by atomic mass is 16.5. The molecule has 1 atom stereocenters. The molecule has 0 bridgehead atoms. The molecule has 1 aromatic rings. The van der Waals surface area contributed by atoms with Crippen molar-refractivity contribution >= 4 is 17.6 Å². The molecule has 0 aromatic heterocycles. The largest absolute Gasteiger partial charge is 0.460 e. The predicted molar refractivity (Wildman–Crippen MR) is 86.1 cm³/mol. The van der Waals surface area contributed by atoms with Crippen molar-refractivity contribution in [2.75, 3.05) is 25.0 Å². The van der Waals surface area contributed by atoms with Crippen LogP contribution in [0.1, 0.15) is 43.0 Å². The zero-order chi connectivity index (χ0) is 15.9. The highest BCUT2D eigenvalue weighted by Gasteiger charge is 2.23. The van der Waals surface area contributed by atoms with Crippen LogP contribution in [0.2, 0.25) is 0 Å². The summed E-state index contributed by atoms with van der Waals surface area (Å²) in [4.78, 5) is 25.3. The van der Waals surface area contributed by atoms with Gasteiger partial charge in [-0.2, -0.15) is 0 Å². The van der Waals surface area contributed by atoms with E-state index < -0.39 is 0 Å². The molecule has 0 radical (unpaired) electrons. The molecule has 5 nitrogen and oxygen atoms in total. The van der Waals surface area contributed by atoms with E-state index in [-0.39, 0.29) is 18.0 Å². The Labute approximate surface area is 131 Å². The average molecular weight is 304 g/mol. The fourth-order valence-corrected chi connectivity index (χ4v) is 2.43. The zero-order valence-corrected chi connectivity index (χ0v) is 13.3. The minimum absolute atomic E-state index is 0.134. The molecule has 0 saturated carbocycles. The van der Waals surface area contributed by atoms with Gasteiger partial charge in [0.2, 0.25) is 0 Å². The van der Waals surface area contributed by atoms with Crippen LogP contribution in [0.3, 0.4) is 0 Å². The van der Waals surface area contributed by atoms with Crippen molar-refractivity contribution < 1.29 is 14.3 Å². The van der Waals surface area contributed by atoms with Crippen molar-refractivity contribution in [1.29, 1.82) is 0 Å². The summed E-state index contributed by atoms with van der Waals surface area (Å²) in [5.41, 5.74) is 1.73. The van der Waals surface area contributed by atoms with Gasteiger partial charge in [-0.1, -0.05) is 13.3 Å². The lowest BCUT2D eigenvalue weighted by Crippen LogP contribution is -2.32. The van der Waals surface area contributed by atoms with Gasteiger partial charge in [-0.05, 0) is 37.1 Å². The lowest BCUT2D eigenvalue weighted by molar-refractivity contribution is -0.141. The molecule has 2 rings (SSSR count). The topological polar surface area (TPSA) is 58.6 Å². The van der Waals surface area contributed by atoms with Gasteiger partial charge in [0.15, 0.2) is 0 Å². The smallest absolute Gasteiger partial charge is 0.306 e. The summed E-state index contributed by atoms with van der Waals surface area (Å²) < 4.78 is 5.08. The summed E-state index contributed by atoms with van der Waals surface area (Å²) in [5, 5.41) is 2.81. The van der Waals surface area contributed by atoms with E-state index in [9.17, 15) is 9.59 Å². The molecule has 1 N–H and O–H groups in total. The summed E-state index contributed by atoms with van der Waals surface area (Å²) >= 11 is 0. The molecule has 1 heterocycles. The second kappa shape index (κ2) is 7.82. The highest BCUT2D eigenvalue weighted by Crippen LogP contribution is 2.15. The Balaban J connectivity index is 1.84. The molecular formula is C17H24N2O3. The van der Waals surface area contributed by atoms with E-state index in [1.54, 1.807) is 0 Å². The Morgan fingerprint density at radius 1 is 1.36 bits per heavy atom. The third kappa shape index (κ3) is 4.48. The number of nitrogens with zero attached hydrogens (tertiary/aromatic N) is 1. The van der Waals surface area contributed by atoms with Crippen molar-refractivity contribution in [3.8, 4) is 0 Å². The average Bonchev–Trinajstić information content (AvgIpc) is 2.96. The van der Waals surface area contributed by atoms with E-state index in [2.05, 4.69) is 24.2 Å².